The highest BCUT2D eigenvalue weighted by Crippen LogP contribution is 2.01. The molecule has 0 rings (SSSR count). The third kappa shape index (κ3) is 6.70. The van der Waals surface area contributed by atoms with Gasteiger partial charge in [-0.1, -0.05) is 13.8 Å². The highest BCUT2D eigenvalue weighted by molar-refractivity contribution is 5.94. The van der Waals surface area contributed by atoms with Crippen molar-refractivity contribution in [2.24, 2.45) is 17.4 Å². The van der Waals surface area contributed by atoms with Gasteiger partial charge in [0.05, 0.1) is 12.5 Å². The Hall–Kier alpha value is -2.16. The molecule has 0 spiro atoms. The summed E-state index contributed by atoms with van der Waals surface area (Å²) < 4.78 is 0. The lowest BCUT2D eigenvalue weighted by Crippen LogP contribution is -2.55. The van der Waals surface area contributed by atoms with Crippen molar-refractivity contribution in [2.75, 3.05) is 0 Å². The van der Waals surface area contributed by atoms with E-state index in [4.69, 9.17) is 16.6 Å². The van der Waals surface area contributed by atoms with Crippen LogP contribution in [0.2, 0.25) is 0 Å². The average molecular weight is 302 g/mol. The van der Waals surface area contributed by atoms with Gasteiger partial charge in [0.15, 0.2) is 0 Å². The maximum absolute atomic E-state index is 11.9. The summed E-state index contributed by atoms with van der Waals surface area (Å²) in [6.45, 7) is 4.70. The van der Waals surface area contributed by atoms with Crippen LogP contribution in [0.3, 0.4) is 0 Å². The van der Waals surface area contributed by atoms with Gasteiger partial charge in [0.2, 0.25) is 17.7 Å². The lowest BCUT2D eigenvalue weighted by atomic mass is 10.0. The zero-order chi connectivity index (χ0) is 16.7. The summed E-state index contributed by atoms with van der Waals surface area (Å²) in [6, 6.07) is -3.28. The van der Waals surface area contributed by atoms with Crippen LogP contribution in [-0.2, 0) is 19.2 Å². The van der Waals surface area contributed by atoms with Gasteiger partial charge < -0.3 is 27.2 Å². The quantitative estimate of drug-likeness (QED) is 0.345. The van der Waals surface area contributed by atoms with Crippen molar-refractivity contribution < 1.29 is 24.3 Å². The molecule has 0 heterocycles. The Morgan fingerprint density at radius 1 is 1.05 bits per heavy atom. The first-order valence-corrected chi connectivity index (χ1v) is 6.43. The van der Waals surface area contributed by atoms with Gasteiger partial charge in [-0.25, -0.2) is 0 Å². The fourth-order valence-corrected chi connectivity index (χ4v) is 1.36. The van der Waals surface area contributed by atoms with Gasteiger partial charge in [-0.3, -0.25) is 19.2 Å². The predicted octanol–water partition coefficient (Wildman–Crippen LogP) is -2.08. The van der Waals surface area contributed by atoms with E-state index in [1.807, 2.05) is 0 Å². The topological polar surface area (TPSA) is 165 Å². The molecule has 0 aliphatic carbocycles. The minimum absolute atomic E-state index is 0.166. The second-order valence-corrected chi connectivity index (χ2v) is 5.07. The molecule has 9 nitrogen and oxygen atoms in total. The molecule has 7 N–H and O–H groups in total. The van der Waals surface area contributed by atoms with E-state index in [0.29, 0.717) is 0 Å². The molecule has 120 valence electrons. The number of aliphatic carboxylic acids is 1. The van der Waals surface area contributed by atoms with Crippen LogP contribution in [0.25, 0.3) is 0 Å². The molecule has 21 heavy (non-hydrogen) atoms. The molecule has 0 aromatic rings. The molecule has 3 unspecified atom stereocenters. The summed E-state index contributed by atoms with van der Waals surface area (Å²) in [5.41, 5.74) is 10.7. The van der Waals surface area contributed by atoms with Crippen LogP contribution in [0.5, 0.6) is 0 Å². The highest BCUT2D eigenvalue weighted by atomic mass is 16.4. The average Bonchev–Trinajstić information content (AvgIpc) is 2.35. The third-order valence-electron chi connectivity index (χ3n) is 2.79. The second-order valence-electron chi connectivity index (χ2n) is 5.07. The number of amides is 3. The Bertz CT molecular complexity index is 424. The van der Waals surface area contributed by atoms with E-state index in [9.17, 15) is 19.2 Å². The fourth-order valence-electron chi connectivity index (χ4n) is 1.36. The van der Waals surface area contributed by atoms with Gasteiger partial charge >= 0.3 is 5.97 Å². The molecule has 0 fully saturated rings. The number of hydrogen-bond donors (Lipinski definition) is 5. The normalized spacial score (nSPS) is 14.9. The van der Waals surface area contributed by atoms with Gasteiger partial charge in [-0.2, -0.15) is 0 Å². The lowest BCUT2D eigenvalue weighted by molar-refractivity contribution is -0.141. The van der Waals surface area contributed by atoms with E-state index in [1.54, 1.807) is 13.8 Å². The Morgan fingerprint density at radius 2 is 1.57 bits per heavy atom. The Labute approximate surface area is 122 Å². The van der Waals surface area contributed by atoms with E-state index >= 15 is 0 Å². The lowest BCUT2D eigenvalue weighted by Gasteiger charge is -2.22. The summed E-state index contributed by atoms with van der Waals surface area (Å²) in [5, 5.41) is 13.2. The van der Waals surface area contributed by atoms with Crippen LogP contribution in [0.1, 0.15) is 27.2 Å². The van der Waals surface area contributed by atoms with Crippen molar-refractivity contribution >= 4 is 23.7 Å². The maximum atomic E-state index is 11.9. The minimum atomic E-state index is -1.26. The van der Waals surface area contributed by atoms with Gasteiger partial charge in [0, 0.05) is 0 Å². The number of carboxylic acid groups (broad SMARTS) is 1. The fraction of sp³-hybridized carbons (Fsp3) is 0.667. The molecule has 0 radical (unpaired) electrons. The summed E-state index contributed by atoms with van der Waals surface area (Å²) in [4.78, 5) is 45.3. The maximum Gasteiger partial charge on any atom is 0.325 e. The van der Waals surface area contributed by atoms with Crippen LogP contribution < -0.4 is 22.1 Å². The Kier molecular flexibility index (Phi) is 7.36. The molecule has 0 saturated heterocycles. The van der Waals surface area contributed by atoms with Crippen LogP contribution in [0.15, 0.2) is 0 Å². The standard InChI is InChI=1S/C12H22N4O5/c1-5(2)9(14)11(19)16-7(4-8(13)17)10(18)15-6(3)12(20)21/h5-7,9H,4,14H2,1-3H3,(H2,13,17)(H,15,18)(H,16,19)(H,20,21). The van der Waals surface area contributed by atoms with Crippen LogP contribution in [0, 0.1) is 5.92 Å². The summed E-state index contributed by atoms with van der Waals surface area (Å²) >= 11 is 0. The van der Waals surface area contributed by atoms with E-state index in [-0.39, 0.29) is 5.92 Å². The molecule has 0 aliphatic rings. The number of rotatable bonds is 8. The molecule has 3 atom stereocenters. The smallest absolute Gasteiger partial charge is 0.325 e. The Morgan fingerprint density at radius 3 is 1.95 bits per heavy atom. The first kappa shape index (κ1) is 18.8. The number of carbonyl (C=O) groups is 4. The zero-order valence-corrected chi connectivity index (χ0v) is 12.3. The van der Waals surface area contributed by atoms with Gasteiger partial charge in [-0.05, 0) is 12.8 Å². The minimum Gasteiger partial charge on any atom is -0.480 e. The largest absolute Gasteiger partial charge is 0.480 e. The zero-order valence-electron chi connectivity index (χ0n) is 12.3. The number of nitrogens with one attached hydrogen (secondary N) is 2. The number of primary amides is 1. The van der Waals surface area contributed by atoms with Crippen LogP contribution in [0.4, 0.5) is 0 Å². The first-order valence-electron chi connectivity index (χ1n) is 6.43. The number of carbonyl (C=O) groups excluding carboxylic acids is 3. The number of carboxylic acids is 1. The molecule has 0 bridgehead atoms. The van der Waals surface area contributed by atoms with E-state index in [0.717, 1.165) is 0 Å². The molecule has 0 saturated carbocycles. The summed E-state index contributed by atoms with van der Waals surface area (Å²) in [6.07, 6.45) is -0.450. The van der Waals surface area contributed by atoms with Crippen molar-refractivity contribution in [1.29, 1.82) is 0 Å². The molecule has 0 aliphatic heterocycles. The molecule has 9 heteroatoms. The first-order chi connectivity index (χ1) is 9.56. The van der Waals surface area contributed by atoms with E-state index in [1.165, 1.54) is 6.92 Å². The SMILES string of the molecule is CC(NC(=O)C(CC(N)=O)NC(=O)C(N)C(C)C)C(=O)O. The molecule has 0 aromatic carbocycles. The molecular weight excluding hydrogens is 280 g/mol. The van der Waals surface area contributed by atoms with Crippen molar-refractivity contribution in [3.63, 3.8) is 0 Å². The van der Waals surface area contributed by atoms with Crippen LogP contribution in [-0.4, -0.2) is 46.9 Å². The van der Waals surface area contributed by atoms with Crippen molar-refractivity contribution in [1.82, 2.24) is 10.6 Å². The van der Waals surface area contributed by atoms with E-state index in [2.05, 4.69) is 10.6 Å². The number of nitrogens with two attached hydrogens (primary N) is 2. The van der Waals surface area contributed by atoms with Crippen molar-refractivity contribution in [3.05, 3.63) is 0 Å². The van der Waals surface area contributed by atoms with Crippen molar-refractivity contribution in [3.8, 4) is 0 Å². The molecular formula is C12H22N4O5. The van der Waals surface area contributed by atoms with Gasteiger partial charge in [0.25, 0.3) is 0 Å². The van der Waals surface area contributed by atoms with Crippen LogP contribution >= 0.6 is 0 Å². The molecule has 0 aromatic heterocycles. The van der Waals surface area contributed by atoms with Crippen molar-refractivity contribution in [2.45, 2.75) is 45.3 Å². The summed E-state index contributed by atoms with van der Waals surface area (Å²) in [7, 11) is 0. The summed E-state index contributed by atoms with van der Waals surface area (Å²) in [5.74, 6) is -3.65. The monoisotopic (exact) mass is 302 g/mol. The van der Waals surface area contributed by atoms with Gasteiger partial charge in [-0.15, -0.1) is 0 Å². The Balaban J connectivity index is 4.87. The highest BCUT2D eigenvalue weighted by Gasteiger charge is 2.28. The third-order valence-corrected chi connectivity index (χ3v) is 2.79. The second kappa shape index (κ2) is 8.20. The number of hydrogen-bond acceptors (Lipinski definition) is 5. The van der Waals surface area contributed by atoms with Gasteiger partial charge in [0.1, 0.15) is 12.1 Å². The van der Waals surface area contributed by atoms with E-state index < -0.39 is 48.2 Å². The predicted molar refractivity (Wildman–Crippen MR) is 73.8 cm³/mol. The molecule has 3 amide bonds.